The fourth-order valence-corrected chi connectivity index (χ4v) is 1.55. The number of benzene rings is 1. The smallest absolute Gasteiger partial charge is 0.0751 e. The minimum Gasteiger partial charge on any atom is -0.267 e. The van der Waals surface area contributed by atoms with Gasteiger partial charge in [-0.25, -0.2) is 0 Å². The standard InChI is InChI=1S/C12H12N2/c1-3-10-9-13-14(2)12(10)11-7-5-4-6-8-11/h3-9H,1H2,2H3. The van der Waals surface area contributed by atoms with Gasteiger partial charge in [0.25, 0.3) is 0 Å². The van der Waals surface area contributed by atoms with Gasteiger partial charge in [0.05, 0.1) is 11.9 Å². The van der Waals surface area contributed by atoms with Crippen LogP contribution in [0.15, 0.2) is 43.1 Å². The fraction of sp³-hybridized carbons (Fsp3) is 0.0833. The first-order valence-electron chi connectivity index (χ1n) is 4.53. The van der Waals surface area contributed by atoms with Crippen LogP contribution in [0.25, 0.3) is 17.3 Å². The van der Waals surface area contributed by atoms with Crippen molar-refractivity contribution in [2.75, 3.05) is 0 Å². The molecule has 0 fully saturated rings. The first kappa shape index (κ1) is 8.75. The minimum atomic E-state index is 1.07. The minimum absolute atomic E-state index is 1.07. The molecule has 0 aliphatic rings. The predicted molar refractivity (Wildman–Crippen MR) is 58.7 cm³/mol. The first-order chi connectivity index (χ1) is 6.83. The molecular formula is C12H12N2. The summed E-state index contributed by atoms with van der Waals surface area (Å²) in [5, 5.41) is 4.21. The lowest BCUT2D eigenvalue weighted by molar-refractivity contribution is 0.776. The Kier molecular flexibility index (Phi) is 2.19. The van der Waals surface area contributed by atoms with E-state index in [1.54, 1.807) is 0 Å². The highest BCUT2D eigenvalue weighted by Crippen LogP contribution is 2.23. The van der Waals surface area contributed by atoms with Crippen LogP contribution in [0.4, 0.5) is 0 Å². The maximum Gasteiger partial charge on any atom is 0.0751 e. The molecule has 1 heterocycles. The van der Waals surface area contributed by atoms with E-state index in [9.17, 15) is 0 Å². The quantitative estimate of drug-likeness (QED) is 0.701. The van der Waals surface area contributed by atoms with E-state index in [-0.39, 0.29) is 0 Å². The largest absolute Gasteiger partial charge is 0.267 e. The van der Waals surface area contributed by atoms with Crippen LogP contribution in [0.5, 0.6) is 0 Å². The number of aromatic nitrogens is 2. The van der Waals surface area contributed by atoms with Crippen molar-refractivity contribution >= 4 is 6.08 Å². The van der Waals surface area contributed by atoms with Gasteiger partial charge >= 0.3 is 0 Å². The van der Waals surface area contributed by atoms with Gasteiger partial charge in [-0.05, 0) is 0 Å². The Morgan fingerprint density at radius 3 is 2.64 bits per heavy atom. The zero-order valence-corrected chi connectivity index (χ0v) is 8.14. The number of hydrogen-bond donors (Lipinski definition) is 0. The Morgan fingerprint density at radius 1 is 1.29 bits per heavy atom. The van der Waals surface area contributed by atoms with Gasteiger partial charge in [0.2, 0.25) is 0 Å². The van der Waals surface area contributed by atoms with Crippen molar-refractivity contribution in [3.05, 3.63) is 48.7 Å². The second kappa shape index (κ2) is 3.50. The summed E-state index contributed by atoms with van der Waals surface area (Å²) in [4.78, 5) is 0. The molecule has 2 heteroatoms. The molecule has 14 heavy (non-hydrogen) atoms. The molecule has 0 spiro atoms. The van der Waals surface area contributed by atoms with E-state index in [0.717, 1.165) is 11.3 Å². The van der Waals surface area contributed by atoms with Crippen molar-refractivity contribution < 1.29 is 0 Å². The van der Waals surface area contributed by atoms with Crippen molar-refractivity contribution in [2.24, 2.45) is 7.05 Å². The topological polar surface area (TPSA) is 17.8 Å². The number of nitrogens with zero attached hydrogens (tertiary/aromatic N) is 2. The maximum absolute atomic E-state index is 4.21. The molecule has 1 aromatic heterocycles. The summed E-state index contributed by atoms with van der Waals surface area (Å²) in [6.07, 6.45) is 3.66. The second-order valence-electron chi connectivity index (χ2n) is 3.14. The SMILES string of the molecule is C=Cc1cnn(C)c1-c1ccccc1. The van der Waals surface area contributed by atoms with Crippen LogP contribution >= 0.6 is 0 Å². The van der Waals surface area contributed by atoms with E-state index in [4.69, 9.17) is 0 Å². The molecule has 2 nitrogen and oxygen atoms in total. The van der Waals surface area contributed by atoms with E-state index in [0.29, 0.717) is 0 Å². The van der Waals surface area contributed by atoms with Crippen molar-refractivity contribution in [1.82, 2.24) is 9.78 Å². The Morgan fingerprint density at radius 2 is 2.00 bits per heavy atom. The van der Waals surface area contributed by atoms with Crippen molar-refractivity contribution in [2.45, 2.75) is 0 Å². The lowest BCUT2D eigenvalue weighted by atomic mass is 10.1. The van der Waals surface area contributed by atoms with Crippen molar-refractivity contribution in [3.63, 3.8) is 0 Å². The van der Waals surface area contributed by atoms with Crippen LogP contribution in [-0.4, -0.2) is 9.78 Å². The summed E-state index contributed by atoms with van der Waals surface area (Å²) in [6, 6.07) is 10.2. The second-order valence-corrected chi connectivity index (χ2v) is 3.14. The zero-order chi connectivity index (χ0) is 9.97. The van der Waals surface area contributed by atoms with Gasteiger partial charge in [0, 0.05) is 18.2 Å². The van der Waals surface area contributed by atoms with Crippen LogP contribution in [0.2, 0.25) is 0 Å². The highest BCUT2D eigenvalue weighted by atomic mass is 15.3. The molecule has 0 N–H and O–H groups in total. The third-order valence-electron chi connectivity index (χ3n) is 2.23. The van der Waals surface area contributed by atoms with Crippen LogP contribution in [0.3, 0.4) is 0 Å². The van der Waals surface area contributed by atoms with Crippen LogP contribution in [0.1, 0.15) is 5.56 Å². The summed E-state index contributed by atoms with van der Waals surface area (Å²) < 4.78 is 1.87. The van der Waals surface area contributed by atoms with Crippen molar-refractivity contribution in [3.8, 4) is 11.3 Å². The molecule has 0 unspecified atom stereocenters. The van der Waals surface area contributed by atoms with Gasteiger partial charge in [-0.2, -0.15) is 5.10 Å². The summed E-state index contributed by atoms with van der Waals surface area (Å²) in [5.41, 5.74) is 3.35. The lowest BCUT2D eigenvalue weighted by Gasteiger charge is -2.03. The molecular weight excluding hydrogens is 172 g/mol. The summed E-state index contributed by atoms with van der Waals surface area (Å²) in [7, 11) is 1.94. The summed E-state index contributed by atoms with van der Waals surface area (Å²) in [6.45, 7) is 3.78. The maximum atomic E-state index is 4.21. The molecule has 0 saturated carbocycles. The first-order valence-corrected chi connectivity index (χ1v) is 4.53. The highest BCUT2D eigenvalue weighted by Gasteiger charge is 2.06. The Labute approximate surface area is 83.5 Å². The van der Waals surface area contributed by atoms with Gasteiger partial charge in [-0.15, -0.1) is 0 Å². The Balaban J connectivity index is 2.61. The molecule has 0 aliphatic carbocycles. The van der Waals surface area contributed by atoms with E-state index in [2.05, 4.69) is 23.8 Å². The van der Waals surface area contributed by atoms with E-state index < -0.39 is 0 Å². The lowest BCUT2D eigenvalue weighted by Crippen LogP contribution is -1.93. The Hall–Kier alpha value is -1.83. The number of aryl methyl sites for hydroxylation is 1. The van der Waals surface area contributed by atoms with E-state index in [1.165, 1.54) is 5.56 Å². The monoisotopic (exact) mass is 184 g/mol. The third kappa shape index (κ3) is 1.35. The predicted octanol–water partition coefficient (Wildman–Crippen LogP) is 2.73. The van der Waals surface area contributed by atoms with Crippen LogP contribution in [-0.2, 0) is 7.05 Å². The molecule has 0 radical (unpaired) electrons. The highest BCUT2D eigenvalue weighted by molar-refractivity contribution is 5.71. The van der Waals surface area contributed by atoms with Gasteiger partial charge in [-0.1, -0.05) is 43.0 Å². The molecule has 1 aromatic carbocycles. The molecule has 0 atom stereocenters. The normalized spacial score (nSPS) is 10.1. The molecule has 2 rings (SSSR count). The molecule has 0 bridgehead atoms. The molecule has 0 aliphatic heterocycles. The van der Waals surface area contributed by atoms with Gasteiger partial charge in [0.1, 0.15) is 0 Å². The average molecular weight is 184 g/mol. The van der Waals surface area contributed by atoms with Gasteiger partial charge in [0.15, 0.2) is 0 Å². The average Bonchev–Trinajstić information content (AvgIpc) is 2.61. The number of rotatable bonds is 2. The molecule has 0 saturated heterocycles. The summed E-state index contributed by atoms with van der Waals surface area (Å²) >= 11 is 0. The van der Waals surface area contributed by atoms with E-state index in [1.807, 2.05) is 42.2 Å². The fourth-order valence-electron chi connectivity index (χ4n) is 1.55. The third-order valence-corrected chi connectivity index (χ3v) is 2.23. The van der Waals surface area contributed by atoms with Gasteiger partial charge < -0.3 is 0 Å². The van der Waals surface area contributed by atoms with Crippen LogP contribution in [0, 0.1) is 0 Å². The molecule has 70 valence electrons. The zero-order valence-electron chi connectivity index (χ0n) is 8.14. The number of hydrogen-bond acceptors (Lipinski definition) is 1. The Bertz CT molecular complexity index is 441. The summed E-state index contributed by atoms with van der Waals surface area (Å²) in [5.74, 6) is 0. The molecule has 0 amide bonds. The van der Waals surface area contributed by atoms with Gasteiger partial charge in [-0.3, -0.25) is 4.68 Å². The van der Waals surface area contributed by atoms with E-state index >= 15 is 0 Å². The van der Waals surface area contributed by atoms with Crippen molar-refractivity contribution in [1.29, 1.82) is 0 Å². The van der Waals surface area contributed by atoms with Crippen LogP contribution < -0.4 is 0 Å². The molecule has 2 aromatic rings.